The molecule has 0 saturated carbocycles. The van der Waals surface area contributed by atoms with E-state index in [-0.39, 0.29) is 18.6 Å². The van der Waals surface area contributed by atoms with Gasteiger partial charge >= 0.3 is 0 Å². The molecule has 0 heterocycles. The zero-order valence-electron chi connectivity index (χ0n) is 16.1. The standard InChI is InChI=1S/C16H36N.ClH.H3N.H2O4S/c1-5-9-13-17(14-10-6-2,15-11-7-3)16-12-8-4;;;1-5(2,3)4/h5-16H2,1-4H3;1H;1H3;(H2,1,2,3,4)/q+1;;;/p-1. The van der Waals surface area contributed by atoms with Crippen LogP contribution in [0.25, 0.3) is 0 Å². The van der Waals surface area contributed by atoms with Gasteiger partial charge < -0.3 is 15.2 Å². The number of rotatable bonds is 12. The van der Waals surface area contributed by atoms with Gasteiger partial charge in [-0.1, -0.05) is 53.4 Å². The van der Waals surface area contributed by atoms with Gasteiger partial charge in [0.1, 0.15) is 0 Å². The quantitative estimate of drug-likeness (QED) is 0.286. The maximum Gasteiger partial charge on any atom is 0.215 e. The average molecular weight is 393 g/mol. The van der Waals surface area contributed by atoms with E-state index in [0.29, 0.717) is 0 Å². The minimum absolute atomic E-state index is 0. The molecule has 0 aliphatic rings. The molecule has 0 aromatic rings. The molecule has 0 saturated heterocycles. The van der Waals surface area contributed by atoms with Crippen LogP contribution in [0.1, 0.15) is 79.1 Å². The van der Waals surface area contributed by atoms with E-state index in [1.54, 1.807) is 0 Å². The van der Waals surface area contributed by atoms with Crippen LogP contribution in [0.2, 0.25) is 0 Å². The van der Waals surface area contributed by atoms with E-state index in [9.17, 15) is 0 Å². The van der Waals surface area contributed by atoms with E-state index in [1.165, 1.54) is 82.0 Å². The van der Waals surface area contributed by atoms with Crippen molar-refractivity contribution in [1.82, 2.24) is 6.15 Å². The number of hydrogen-bond donors (Lipinski definition) is 2. The van der Waals surface area contributed by atoms with Crippen molar-refractivity contribution < 1.29 is 22.0 Å². The fourth-order valence-electron chi connectivity index (χ4n) is 2.64. The Morgan fingerprint density at radius 3 is 1.04 bits per heavy atom. The first-order valence-electron chi connectivity index (χ1n) is 8.78. The van der Waals surface area contributed by atoms with Gasteiger partial charge in [0.25, 0.3) is 0 Å². The zero-order chi connectivity index (χ0) is 17.5. The van der Waals surface area contributed by atoms with Crippen LogP contribution in [0, 0.1) is 0 Å². The lowest BCUT2D eigenvalue weighted by atomic mass is 10.1. The second kappa shape index (κ2) is 19.4. The Kier molecular flexibility index (Phi) is 25.7. The second-order valence-corrected chi connectivity index (χ2v) is 6.93. The molecule has 152 valence electrons. The van der Waals surface area contributed by atoms with Crippen LogP contribution in [-0.2, 0) is 10.4 Å². The zero-order valence-corrected chi connectivity index (χ0v) is 17.8. The molecule has 0 rings (SSSR count). The Hall–Kier alpha value is 0.0800. The largest absolute Gasteiger partial charge is 0.726 e. The molecule has 24 heavy (non-hydrogen) atoms. The van der Waals surface area contributed by atoms with Crippen molar-refractivity contribution in [3.8, 4) is 0 Å². The van der Waals surface area contributed by atoms with Gasteiger partial charge in [-0.3, -0.25) is 4.55 Å². The molecule has 0 amide bonds. The van der Waals surface area contributed by atoms with Crippen molar-refractivity contribution in [2.45, 2.75) is 79.1 Å². The predicted molar refractivity (Wildman–Crippen MR) is 104 cm³/mol. The lowest BCUT2D eigenvalue weighted by Crippen LogP contribution is -2.50. The second-order valence-electron chi connectivity index (χ2n) is 6.08. The number of nitrogens with zero attached hydrogens (tertiary/aromatic N) is 1. The monoisotopic (exact) mass is 392 g/mol. The molecule has 4 N–H and O–H groups in total. The van der Waals surface area contributed by atoms with E-state index in [1.807, 2.05) is 0 Å². The highest BCUT2D eigenvalue weighted by molar-refractivity contribution is 7.79. The molecule has 8 heteroatoms. The highest BCUT2D eigenvalue weighted by Gasteiger charge is 2.24. The third-order valence-electron chi connectivity index (χ3n) is 3.94. The van der Waals surface area contributed by atoms with Crippen molar-refractivity contribution in [2.24, 2.45) is 0 Å². The number of hydrogen-bond acceptors (Lipinski definition) is 4. The molecule has 0 aliphatic carbocycles. The van der Waals surface area contributed by atoms with E-state index in [0.717, 1.165) is 0 Å². The van der Waals surface area contributed by atoms with Gasteiger partial charge in [0.05, 0.1) is 26.2 Å². The van der Waals surface area contributed by atoms with Crippen LogP contribution in [0.15, 0.2) is 0 Å². The van der Waals surface area contributed by atoms with Crippen LogP contribution in [0.5, 0.6) is 0 Å². The Morgan fingerprint density at radius 2 is 0.917 bits per heavy atom. The summed E-state index contributed by atoms with van der Waals surface area (Å²) in [4.78, 5) is 0. The molecular formula is C16H41ClN2O4S. The molecule has 0 atom stereocenters. The topological polar surface area (TPSA) is 112 Å². The molecular weight excluding hydrogens is 352 g/mol. The molecule has 0 radical (unpaired) electrons. The minimum atomic E-state index is -4.92. The van der Waals surface area contributed by atoms with E-state index >= 15 is 0 Å². The van der Waals surface area contributed by atoms with Gasteiger partial charge in [0, 0.05) is 0 Å². The van der Waals surface area contributed by atoms with Crippen LogP contribution < -0.4 is 6.15 Å². The number of unbranched alkanes of at least 4 members (excludes halogenated alkanes) is 4. The first-order chi connectivity index (χ1) is 10.2. The summed E-state index contributed by atoms with van der Waals surface area (Å²) in [6.07, 6.45) is 11.1. The highest BCUT2D eigenvalue weighted by atomic mass is 35.5. The summed E-state index contributed by atoms with van der Waals surface area (Å²) in [7, 11) is -4.92. The normalized spacial score (nSPS) is 10.9. The molecule has 0 aliphatic heterocycles. The van der Waals surface area contributed by atoms with Crippen LogP contribution in [-0.4, -0.2) is 48.2 Å². The predicted octanol–water partition coefficient (Wildman–Crippen LogP) is 4.59. The van der Waals surface area contributed by atoms with Gasteiger partial charge in [-0.25, -0.2) is 8.42 Å². The van der Waals surface area contributed by atoms with E-state index < -0.39 is 10.4 Å². The molecule has 0 spiro atoms. The molecule has 0 aromatic heterocycles. The first-order valence-corrected chi connectivity index (χ1v) is 10.1. The Morgan fingerprint density at radius 1 is 0.750 bits per heavy atom. The average Bonchev–Trinajstić information content (AvgIpc) is 2.44. The summed E-state index contributed by atoms with van der Waals surface area (Å²) in [6.45, 7) is 15.0. The maximum absolute atomic E-state index is 8.63. The lowest BCUT2D eigenvalue weighted by molar-refractivity contribution is -0.929. The third kappa shape index (κ3) is 24.3. The van der Waals surface area contributed by atoms with E-state index in [2.05, 4.69) is 27.7 Å². The Labute approximate surface area is 156 Å². The summed E-state index contributed by atoms with van der Waals surface area (Å²) in [5.74, 6) is 0. The van der Waals surface area contributed by atoms with Gasteiger partial charge in [0.2, 0.25) is 10.4 Å². The summed E-state index contributed by atoms with van der Waals surface area (Å²) in [6, 6.07) is 0. The maximum atomic E-state index is 8.63. The van der Waals surface area contributed by atoms with Crippen molar-refractivity contribution in [2.75, 3.05) is 26.2 Å². The minimum Gasteiger partial charge on any atom is -0.726 e. The van der Waals surface area contributed by atoms with Crippen LogP contribution in [0.4, 0.5) is 0 Å². The van der Waals surface area contributed by atoms with Crippen molar-refractivity contribution in [1.29, 1.82) is 0 Å². The molecule has 6 nitrogen and oxygen atoms in total. The molecule has 0 aromatic carbocycles. The Balaban J connectivity index is -0.000000250. The third-order valence-corrected chi connectivity index (χ3v) is 3.94. The molecule has 0 unspecified atom stereocenters. The summed E-state index contributed by atoms with van der Waals surface area (Å²) in [5.41, 5.74) is 0. The van der Waals surface area contributed by atoms with E-state index in [4.69, 9.17) is 17.5 Å². The highest BCUT2D eigenvalue weighted by Crippen LogP contribution is 2.16. The fourth-order valence-corrected chi connectivity index (χ4v) is 2.64. The van der Waals surface area contributed by atoms with Gasteiger partial charge in [-0.15, -0.1) is 12.4 Å². The lowest BCUT2D eigenvalue weighted by Gasteiger charge is -2.39. The fraction of sp³-hybridized carbons (Fsp3) is 1.00. The van der Waals surface area contributed by atoms with Crippen LogP contribution >= 0.6 is 12.4 Å². The van der Waals surface area contributed by atoms with Crippen molar-refractivity contribution >= 4 is 22.8 Å². The number of quaternary nitrogens is 1. The summed E-state index contributed by atoms with van der Waals surface area (Å²) >= 11 is 0. The molecule has 0 fully saturated rings. The molecule has 0 bridgehead atoms. The van der Waals surface area contributed by atoms with Crippen LogP contribution in [0.3, 0.4) is 0 Å². The van der Waals surface area contributed by atoms with Crippen molar-refractivity contribution in [3.05, 3.63) is 0 Å². The first kappa shape index (κ1) is 31.8. The van der Waals surface area contributed by atoms with Gasteiger partial charge in [-0.05, 0) is 25.7 Å². The van der Waals surface area contributed by atoms with Crippen molar-refractivity contribution in [3.63, 3.8) is 0 Å². The number of halogens is 1. The summed E-state index contributed by atoms with van der Waals surface area (Å²) in [5, 5.41) is 0. The SMILES string of the molecule is CCCC[N+](CCCC)(CCCC)CCCC.Cl.N.O=S(=O)([O-])O. The summed E-state index contributed by atoms with van der Waals surface area (Å²) < 4.78 is 34.3. The van der Waals surface area contributed by atoms with Gasteiger partial charge in [0.15, 0.2) is 0 Å². The smallest absolute Gasteiger partial charge is 0.215 e. The van der Waals surface area contributed by atoms with Gasteiger partial charge in [-0.2, -0.15) is 0 Å². The Bertz CT molecular complexity index is 295.